The summed E-state index contributed by atoms with van der Waals surface area (Å²) in [6.07, 6.45) is 0.933. The molecule has 0 bridgehead atoms. The van der Waals surface area contributed by atoms with Crippen LogP contribution in [0.5, 0.6) is 0 Å². The van der Waals surface area contributed by atoms with Gasteiger partial charge in [0.05, 0.1) is 0 Å². The second-order valence-corrected chi connectivity index (χ2v) is 4.78. The van der Waals surface area contributed by atoms with Crippen LogP contribution in [0.25, 0.3) is 0 Å². The molecule has 0 fully saturated rings. The van der Waals surface area contributed by atoms with Crippen molar-refractivity contribution in [3.63, 3.8) is 0 Å². The van der Waals surface area contributed by atoms with Gasteiger partial charge in [0.1, 0.15) is 29.1 Å². The van der Waals surface area contributed by atoms with Gasteiger partial charge in [-0.15, -0.1) is 0 Å². The predicted molar refractivity (Wildman–Crippen MR) is 80.4 cm³/mol. The van der Waals surface area contributed by atoms with Crippen molar-refractivity contribution < 1.29 is 3.07 Å². The number of hydrogen-bond donors (Lipinski definition) is 0. The first kappa shape index (κ1) is 11.8. The summed E-state index contributed by atoms with van der Waals surface area (Å²) in [5.74, 6) is 6.51. The van der Waals surface area contributed by atoms with Gasteiger partial charge in [-0.3, -0.25) is 0 Å². The monoisotopic (exact) mass is 346 g/mol. The molecule has 3 rings (SSSR count). The topological polar surface area (TPSA) is 9.23 Å². The quantitative estimate of drug-likeness (QED) is 0.559. The minimum absolute atomic E-state index is 0.0672. The second kappa shape index (κ2) is 5.13. The summed E-state index contributed by atoms with van der Waals surface area (Å²) in [7, 11) is 0. The standard InChI is InChI=1S/C16H11IO/c17-18-16-11-14-7-2-1-5-12(14)9-10-13-6-3-4-8-15(13)16/h1-8,16H,11H2. The van der Waals surface area contributed by atoms with Crippen molar-refractivity contribution in [2.24, 2.45) is 0 Å². The summed E-state index contributed by atoms with van der Waals surface area (Å²) < 4.78 is 5.61. The fraction of sp³-hybridized carbons (Fsp3) is 0.125. The first-order valence-corrected chi connectivity index (χ1v) is 6.73. The maximum absolute atomic E-state index is 5.61. The van der Waals surface area contributed by atoms with E-state index >= 15 is 0 Å². The summed E-state index contributed by atoms with van der Waals surface area (Å²) in [6, 6.07) is 16.5. The molecule has 0 heterocycles. The van der Waals surface area contributed by atoms with Gasteiger partial charge in [-0.1, -0.05) is 48.2 Å². The van der Waals surface area contributed by atoms with Crippen LogP contribution in [0.15, 0.2) is 48.5 Å². The molecule has 0 radical (unpaired) electrons. The summed E-state index contributed by atoms with van der Waals surface area (Å²) in [5, 5.41) is 0. The lowest BCUT2D eigenvalue weighted by Gasteiger charge is -2.18. The second-order valence-electron chi connectivity index (χ2n) is 4.28. The molecule has 1 unspecified atom stereocenters. The van der Waals surface area contributed by atoms with Crippen LogP contribution in [0, 0.1) is 11.8 Å². The molecule has 0 amide bonds. The fourth-order valence-corrected chi connectivity index (χ4v) is 2.69. The Hall–Kier alpha value is -1.31. The van der Waals surface area contributed by atoms with Crippen LogP contribution >= 0.6 is 23.0 Å². The van der Waals surface area contributed by atoms with Gasteiger partial charge in [0.2, 0.25) is 0 Å². The Morgan fingerprint density at radius 1 is 0.944 bits per heavy atom. The molecule has 88 valence electrons. The van der Waals surface area contributed by atoms with Crippen LogP contribution in [0.2, 0.25) is 0 Å². The van der Waals surface area contributed by atoms with E-state index in [2.05, 4.69) is 42.2 Å². The average molecular weight is 346 g/mol. The Kier molecular flexibility index (Phi) is 3.35. The molecule has 2 heteroatoms. The zero-order chi connectivity index (χ0) is 12.4. The van der Waals surface area contributed by atoms with Gasteiger partial charge in [-0.25, -0.2) is 0 Å². The molecule has 0 aliphatic heterocycles. The summed E-state index contributed by atoms with van der Waals surface area (Å²) in [5.41, 5.74) is 4.59. The molecule has 2 aromatic rings. The van der Waals surface area contributed by atoms with Crippen LogP contribution < -0.4 is 0 Å². The number of hydrogen-bond acceptors (Lipinski definition) is 1. The number of rotatable bonds is 1. The van der Waals surface area contributed by atoms with E-state index in [-0.39, 0.29) is 6.10 Å². The fourth-order valence-electron chi connectivity index (χ4n) is 2.24. The van der Waals surface area contributed by atoms with Crippen LogP contribution in [0.3, 0.4) is 0 Å². The van der Waals surface area contributed by atoms with Gasteiger partial charge in [0.25, 0.3) is 0 Å². The van der Waals surface area contributed by atoms with Crippen molar-refractivity contribution in [2.75, 3.05) is 0 Å². The summed E-state index contributed by atoms with van der Waals surface area (Å²) in [6.45, 7) is 0. The van der Waals surface area contributed by atoms with E-state index in [1.54, 1.807) is 0 Å². The Bertz CT molecular complexity index is 637. The minimum Gasteiger partial charge on any atom is -0.307 e. The van der Waals surface area contributed by atoms with Crippen LogP contribution in [0.4, 0.5) is 0 Å². The van der Waals surface area contributed by atoms with Crippen molar-refractivity contribution in [1.29, 1.82) is 0 Å². The first-order valence-electron chi connectivity index (χ1n) is 5.85. The summed E-state index contributed by atoms with van der Waals surface area (Å²) >= 11 is 1.98. The molecule has 0 aromatic heterocycles. The van der Waals surface area contributed by atoms with Gasteiger partial charge in [0.15, 0.2) is 0 Å². The van der Waals surface area contributed by atoms with Gasteiger partial charge < -0.3 is 3.07 Å². The molecule has 0 spiro atoms. The van der Waals surface area contributed by atoms with Crippen molar-refractivity contribution in [3.05, 3.63) is 70.8 Å². The molecule has 1 nitrogen and oxygen atoms in total. The van der Waals surface area contributed by atoms with Crippen molar-refractivity contribution in [1.82, 2.24) is 0 Å². The first-order chi connectivity index (χ1) is 8.88. The molecule has 1 aliphatic carbocycles. The lowest BCUT2D eigenvalue weighted by molar-refractivity contribution is 0.289. The molecule has 18 heavy (non-hydrogen) atoms. The van der Waals surface area contributed by atoms with Gasteiger partial charge in [-0.05, 0) is 23.3 Å². The molecule has 0 saturated heterocycles. The smallest absolute Gasteiger partial charge is 0.110 e. The van der Waals surface area contributed by atoms with E-state index in [0.29, 0.717) is 0 Å². The molecule has 1 atom stereocenters. The molecule has 1 aliphatic rings. The van der Waals surface area contributed by atoms with Crippen LogP contribution in [-0.2, 0) is 9.49 Å². The minimum atomic E-state index is 0.0672. The third-order valence-electron chi connectivity index (χ3n) is 3.17. The van der Waals surface area contributed by atoms with Crippen molar-refractivity contribution in [3.8, 4) is 11.8 Å². The third kappa shape index (κ3) is 2.16. The number of halogens is 1. The molecule has 0 saturated carbocycles. The Morgan fingerprint density at radius 3 is 2.44 bits per heavy atom. The van der Waals surface area contributed by atoms with Crippen LogP contribution in [-0.4, -0.2) is 0 Å². The molecular formula is C16H11IO. The molecule has 0 N–H and O–H groups in total. The molecular weight excluding hydrogens is 335 g/mol. The Balaban J connectivity index is 2.19. The van der Waals surface area contributed by atoms with Gasteiger partial charge in [0, 0.05) is 17.5 Å². The van der Waals surface area contributed by atoms with E-state index in [4.69, 9.17) is 3.07 Å². The number of fused-ring (bicyclic) bond motifs is 2. The predicted octanol–water partition coefficient (Wildman–Crippen LogP) is 4.05. The normalized spacial score (nSPS) is 16.6. The highest BCUT2D eigenvalue weighted by atomic mass is 127. The Morgan fingerprint density at radius 2 is 1.61 bits per heavy atom. The highest BCUT2D eigenvalue weighted by Crippen LogP contribution is 2.29. The zero-order valence-electron chi connectivity index (χ0n) is 9.69. The largest absolute Gasteiger partial charge is 0.307 e. The molecule has 2 aromatic carbocycles. The highest BCUT2D eigenvalue weighted by molar-refractivity contribution is 14.1. The highest BCUT2D eigenvalue weighted by Gasteiger charge is 2.18. The van der Waals surface area contributed by atoms with Crippen molar-refractivity contribution in [2.45, 2.75) is 12.5 Å². The van der Waals surface area contributed by atoms with E-state index in [1.807, 2.05) is 41.2 Å². The van der Waals surface area contributed by atoms with Crippen LogP contribution in [0.1, 0.15) is 28.4 Å². The average Bonchev–Trinajstić information content (AvgIpc) is 2.41. The maximum Gasteiger partial charge on any atom is 0.110 e. The van der Waals surface area contributed by atoms with E-state index in [9.17, 15) is 0 Å². The van der Waals surface area contributed by atoms with Gasteiger partial charge in [-0.2, -0.15) is 0 Å². The van der Waals surface area contributed by atoms with E-state index in [1.165, 1.54) is 11.1 Å². The lowest BCUT2D eigenvalue weighted by Crippen LogP contribution is -2.08. The van der Waals surface area contributed by atoms with Crippen molar-refractivity contribution >= 4 is 23.0 Å². The third-order valence-corrected chi connectivity index (χ3v) is 3.78. The Labute approximate surface area is 121 Å². The van der Waals surface area contributed by atoms with E-state index in [0.717, 1.165) is 17.5 Å². The lowest BCUT2D eigenvalue weighted by atomic mass is 9.92. The van der Waals surface area contributed by atoms with E-state index < -0.39 is 0 Å². The number of benzene rings is 2. The zero-order valence-corrected chi connectivity index (χ0v) is 11.8. The maximum atomic E-state index is 5.61. The SMILES string of the molecule is IOC1Cc2ccccc2C#Cc2ccccc21. The summed E-state index contributed by atoms with van der Waals surface area (Å²) in [4.78, 5) is 0. The van der Waals surface area contributed by atoms with Gasteiger partial charge >= 0.3 is 0 Å².